The Hall–Kier alpha value is -1.88. The average Bonchev–Trinajstić information content (AvgIpc) is 2.38. The number of hydrogen-bond acceptors (Lipinski definition) is 5. The SMILES string of the molecule is Cc1cc(NC(=O)NC[C@H](N)C(=O)O)c(S(=O)(=O)O)cc1Cl. The summed E-state index contributed by atoms with van der Waals surface area (Å²) < 4.78 is 31.7. The first kappa shape index (κ1) is 18.2. The summed E-state index contributed by atoms with van der Waals surface area (Å²) in [5, 5.41) is 13.0. The molecule has 11 heteroatoms. The van der Waals surface area contributed by atoms with Crippen LogP contribution in [0.3, 0.4) is 0 Å². The lowest BCUT2D eigenvalue weighted by atomic mass is 10.2. The fraction of sp³-hybridized carbons (Fsp3) is 0.273. The third-order valence-corrected chi connectivity index (χ3v) is 3.89. The maximum absolute atomic E-state index is 11.6. The van der Waals surface area contributed by atoms with Gasteiger partial charge in [0.15, 0.2) is 0 Å². The molecule has 2 amide bonds. The molecule has 0 aliphatic heterocycles. The van der Waals surface area contributed by atoms with Gasteiger partial charge in [-0.25, -0.2) is 4.79 Å². The molecule has 1 aromatic rings. The van der Waals surface area contributed by atoms with E-state index in [0.29, 0.717) is 5.56 Å². The van der Waals surface area contributed by atoms with E-state index >= 15 is 0 Å². The van der Waals surface area contributed by atoms with E-state index in [1.807, 2.05) is 0 Å². The molecule has 0 aliphatic rings. The molecular weight excluding hydrogens is 338 g/mol. The highest BCUT2D eigenvalue weighted by Crippen LogP contribution is 2.28. The van der Waals surface area contributed by atoms with E-state index < -0.39 is 33.1 Å². The summed E-state index contributed by atoms with van der Waals surface area (Å²) in [6.07, 6.45) is 0. The number of rotatable bonds is 5. The summed E-state index contributed by atoms with van der Waals surface area (Å²) in [7, 11) is -4.61. The zero-order chi connectivity index (χ0) is 17.1. The molecule has 9 nitrogen and oxygen atoms in total. The first-order chi connectivity index (χ1) is 10.0. The lowest BCUT2D eigenvalue weighted by Gasteiger charge is -2.13. The Morgan fingerprint density at radius 1 is 1.41 bits per heavy atom. The predicted octanol–water partition coefficient (Wildman–Crippen LogP) is 0.429. The molecule has 0 saturated heterocycles. The van der Waals surface area contributed by atoms with Crippen molar-refractivity contribution in [2.24, 2.45) is 5.73 Å². The number of carbonyl (C=O) groups is 2. The molecule has 0 saturated carbocycles. The van der Waals surface area contributed by atoms with Gasteiger partial charge in [0, 0.05) is 11.6 Å². The minimum absolute atomic E-state index is 0.0893. The normalized spacial score (nSPS) is 12.5. The minimum atomic E-state index is -4.61. The van der Waals surface area contributed by atoms with Crippen LogP contribution in [0.4, 0.5) is 10.5 Å². The van der Waals surface area contributed by atoms with E-state index in [1.54, 1.807) is 6.92 Å². The van der Waals surface area contributed by atoms with Crippen molar-refractivity contribution in [3.8, 4) is 0 Å². The van der Waals surface area contributed by atoms with Gasteiger partial charge in [-0.2, -0.15) is 8.42 Å². The molecule has 1 rings (SSSR count). The van der Waals surface area contributed by atoms with E-state index in [1.165, 1.54) is 6.07 Å². The highest BCUT2D eigenvalue weighted by atomic mass is 35.5. The Morgan fingerprint density at radius 3 is 2.50 bits per heavy atom. The van der Waals surface area contributed by atoms with Gasteiger partial charge in [0.2, 0.25) is 0 Å². The number of anilines is 1. The van der Waals surface area contributed by atoms with Crippen LogP contribution in [0.25, 0.3) is 0 Å². The van der Waals surface area contributed by atoms with Gasteiger partial charge in [-0.1, -0.05) is 11.6 Å². The van der Waals surface area contributed by atoms with E-state index in [9.17, 15) is 18.0 Å². The molecule has 0 radical (unpaired) electrons. The van der Waals surface area contributed by atoms with Crippen LogP contribution in [0.1, 0.15) is 5.56 Å². The fourth-order valence-electron chi connectivity index (χ4n) is 1.43. The zero-order valence-electron chi connectivity index (χ0n) is 11.3. The monoisotopic (exact) mass is 351 g/mol. The van der Waals surface area contributed by atoms with Crippen LogP contribution in [0.15, 0.2) is 17.0 Å². The largest absolute Gasteiger partial charge is 0.480 e. The summed E-state index contributed by atoms with van der Waals surface area (Å²) in [6, 6.07) is 0.0505. The number of aryl methyl sites for hydroxylation is 1. The lowest BCUT2D eigenvalue weighted by Crippen LogP contribution is -2.43. The molecule has 22 heavy (non-hydrogen) atoms. The molecule has 122 valence electrons. The fourth-order valence-corrected chi connectivity index (χ4v) is 2.31. The third kappa shape index (κ3) is 4.84. The first-order valence-electron chi connectivity index (χ1n) is 5.83. The summed E-state index contributed by atoms with van der Waals surface area (Å²) in [5.74, 6) is -1.30. The van der Waals surface area contributed by atoms with Gasteiger partial charge >= 0.3 is 12.0 Å². The van der Waals surface area contributed by atoms with Crippen molar-refractivity contribution in [1.29, 1.82) is 0 Å². The highest BCUT2D eigenvalue weighted by Gasteiger charge is 2.20. The zero-order valence-corrected chi connectivity index (χ0v) is 12.9. The number of carboxylic acids is 1. The Morgan fingerprint density at radius 2 is 2.00 bits per heavy atom. The highest BCUT2D eigenvalue weighted by molar-refractivity contribution is 7.86. The van der Waals surface area contributed by atoms with Crippen LogP contribution >= 0.6 is 11.6 Å². The molecule has 0 unspecified atom stereocenters. The van der Waals surface area contributed by atoms with Crippen molar-refractivity contribution < 1.29 is 27.7 Å². The molecule has 6 N–H and O–H groups in total. The van der Waals surface area contributed by atoms with Gasteiger partial charge in [-0.15, -0.1) is 0 Å². The van der Waals surface area contributed by atoms with Crippen molar-refractivity contribution in [3.05, 3.63) is 22.7 Å². The Bertz CT molecular complexity index is 706. The number of carbonyl (C=O) groups excluding carboxylic acids is 1. The first-order valence-corrected chi connectivity index (χ1v) is 7.65. The molecule has 0 heterocycles. The molecule has 0 aliphatic carbocycles. The molecule has 0 fully saturated rings. The van der Waals surface area contributed by atoms with E-state index in [4.69, 9.17) is 27.0 Å². The summed E-state index contributed by atoms with van der Waals surface area (Å²) in [6.45, 7) is 1.20. The second-order valence-corrected chi connectivity index (χ2v) is 6.15. The number of benzene rings is 1. The number of carboxylic acid groups (broad SMARTS) is 1. The summed E-state index contributed by atoms with van der Waals surface area (Å²) in [5.41, 5.74) is 5.47. The molecular formula is C11H14ClN3O6S. The van der Waals surface area contributed by atoms with E-state index in [2.05, 4.69) is 10.6 Å². The maximum atomic E-state index is 11.6. The molecule has 0 aromatic heterocycles. The van der Waals surface area contributed by atoms with Crippen molar-refractivity contribution in [2.75, 3.05) is 11.9 Å². The van der Waals surface area contributed by atoms with Gasteiger partial charge in [0.05, 0.1) is 5.69 Å². The average molecular weight is 352 g/mol. The minimum Gasteiger partial charge on any atom is -0.480 e. The standard InChI is InChI=1S/C11H14ClN3O6S/c1-5-2-8(9(3-6(5)12)22(19,20)21)15-11(18)14-4-7(13)10(16)17/h2-3,7H,4,13H2,1H3,(H,16,17)(H2,14,15,18)(H,19,20,21)/t7-/m0/s1. The number of urea groups is 1. The second-order valence-electron chi connectivity index (χ2n) is 4.35. The van der Waals surface area contributed by atoms with Crippen LogP contribution in [0.2, 0.25) is 5.02 Å². The van der Waals surface area contributed by atoms with Crippen LogP contribution in [0.5, 0.6) is 0 Å². The second kappa shape index (κ2) is 6.92. The number of amides is 2. The molecule has 0 bridgehead atoms. The lowest BCUT2D eigenvalue weighted by molar-refractivity contribution is -0.138. The van der Waals surface area contributed by atoms with Crippen LogP contribution in [-0.2, 0) is 14.9 Å². The van der Waals surface area contributed by atoms with Crippen LogP contribution in [-0.4, -0.2) is 42.7 Å². The Kier molecular flexibility index (Phi) is 5.72. The third-order valence-electron chi connectivity index (χ3n) is 2.59. The predicted molar refractivity (Wildman–Crippen MR) is 78.6 cm³/mol. The van der Waals surface area contributed by atoms with Gasteiger partial charge in [0.25, 0.3) is 10.1 Å². The quantitative estimate of drug-likeness (QED) is 0.481. The maximum Gasteiger partial charge on any atom is 0.322 e. The number of nitrogens with one attached hydrogen (secondary N) is 2. The molecule has 1 aromatic carbocycles. The van der Waals surface area contributed by atoms with Crippen molar-refractivity contribution >= 4 is 39.4 Å². The number of aliphatic carboxylic acids is 1. The summed E-state index contributed by atoms with van der Waals surface area (Å²) in [4.78, 5) is 21.6. The van der Waals surface area contributed by atoms with Gasteiger partial charge < -0.3 is 21.5 Å². The number of halogens is 1. The van der Waals surface area contributed by atoms with Crippen molar-refractivity contribution in [1.82, 2.24) is 5.32 Å². The van der Waals surface area contributed by atoms with Gasteiger partial charge in [0.1, 0.15) is 10.9 Å². The van der Waals surface area contributed by atoms with E-state index in [-0.39, 0.29) is 17.3 Å². The Balaban J connectivity index is 2.96. The smallest absolute Gasteiger partial charge is 0.322 e. The topological polar surface area (TPSA) is 159 Å². The van der Waals surface area contributed by atoms with Crippen LogP contribution in [0, 0.1) is 6.92 Å². The van der Waals surface area contributed by atoms with Gasteiger partial charge in [-0.05, 0) is 24.6 Å². The summed E-state index contributed by atoms with van der Waals surface area (Å²) >= 11 is 5.78. The number of hydrogen-bond donors (Lipinski definition) is 5. The Labute approximate surface area is 131 Å². The van der Waals surface area contributed by atoms with Crippen molar-refractivity contribution in [2.45, 2.75) is 17.9 Å². The number of nitrogens with two attached hydrogens (primary N) is 1. The van der Waals surface area contributed by atoms with Crippen LogP contribution < -0.4 is 16.4 Å². The van der Waals surface area contributed by atoms with Gasteiger partial charge in [-0.3, -0.25) is 9.35 Å². The van der Waals surface area contributed by atoms with Crippen molar-refractivity contribution in [3.63, 3.8) is 0 Å². The van der Waals surface area contributed by atoms with E-state index in [0.717, 1.165) is 6.07 Å². The molecule has 0 spiro atoms. The molecule has 1 atom stereocenters.